The van der Waals surface area contributed by atoms with Crippen molar-refractivity contribution < 1.29 is 19.2 Å². The molecule has 3 heterocycles. The topological polar surface area (TPSA) is 137 Å². The molecule has 0 saturated carbocycles. The zero-order chi connectivity index (χ0) is 37.8. The molecule has 3 N–H and O–H groups in total. The fourth-order valence-corrected chi connectivity index (χ4v) is 7.69. The monoisotopic (exact) mass is 728 g/mol. The number of hydrogen-bond donors (Lipinski definition) is 2. The highest BCUT2D eigenvalue weighted by Crippen LogP contribution is 2.35. The number of carbonyl (C=O) groups is 4. The fourth-order valence-electron chi connectivity index (χ4n) is 7.69. The highest BCUT2D eigenvalue weighted by molar-refractivity contribution is 6.27. The first-order valence-corrected chi connectivity index (χ1v) is 18.9. The van der Waals surface area contributed by atoms with E-state index in [9.17, 15) is 19.2 Å². The molecule has 12 heteroatoms. The minimum atomic E-state index is -0.281. The Bertz CT molecular complexity index is 2160. The van der Waals surface area contributed by atoms with Crippen molar-refractivity contribution in [1.29, 1.82) is 0 Å². The van der Waals surface area contributed by atoms with Crippen molar-refractivity contribution in [3.8, 4) is 5.69 Å². The van der Waals surface area contributed by atoms with Crippen LogP contribution in [0.2, 0.25) is 0 Å². The molecule has 0 radical (unpaired) electrons. The zero-order valence-corrected chi connectivity index (χ0v) is 31.1. The van der Waals surface area contributed by atoms with E-state index in [-0.39, 0.29) is 30.2 Å². The number of carbonyl (C=O) groups excluding carboxylic acids is 4. The average Bonchev–Trinajstić information content (AvgIpc) is 3.72. The van der Waals surface area contributed by atoms with Gasteiger partial charge in [-0.1, -0.05) is 37.1 Å². The number of aromatic nitrogens is 2. The fraction of sp³-hybridized carbons (Fsp3) is 0.357. The Hall–Kier alpha value is -5.43. The number of hydrogen-bond acceptors (Lipinski definition) is 9. The van der Waals surface area contributed by atoms with E-state index in [1.165, 1.54) is 9.80 Å². The highest BCUT2D eigenvalue weighted by atomic mass is 16.2. The SMILES string of the molecule is CN(CCCN(C)CCN1C(=O)c2cccc3c(-n4ccnc4)ccc(c23)C1=O)CCN1C(=O)c2cccc3c(NCCCCCCN)ccc(c23)C1=O. The zero-order valence-electron chi connectivity index (χ0n) is 31.1. The van der Waals surface area contributed by atoms with Crippen LogP contribution < -0.4 is 11.1 Å². The molecule has 0 spiro atoms. The van der Waals surface area contributed by atoms with Gasteiger partial charge in [-0.25, -0.2) is 4.98 Å². The number of imidazole rings is 1. The summed E-state index contributed by atoms with van der Waals surface area (Å²) in [7, 11) is 3.97. The number of amides is 4. The van der Waals surface area contributed by atoms with E-state index in [4.69, 9.17) is 5.73 Å². The van der Waals surface area contributed by atoms with Crippen molar-refractivity contribution in [2.45, 2.75) is 32.1 Å². The molecule has 5 aromatic rings. The normalized spacial score (nSPS) is 14.1. The molecule has 54 heavy (non-hydrogen) atoms. The molecule has 0 unspecified atom stereocenters. The van der Waals surface area contributed by atoms with Gasteiger partial charge in [0.05, 0.1) is 12.0 Å². The summed E-state index contributed by atoms with van der Waals surface area (Å²) in [6.45, 7) is 4.69. The van der Waals surface area contributed by atoms with E-state index in [2.05, 4.69) is 20.1 Å². The largest absolute Gasteiger partial charge is 0.385 e. The number of unbranched alkanes of at least 4 members (excludes halogenated alkanes) is 3. The maximum atomic E-state index is 13.6. The first kappa shape index (κ1) is 36.9. The van der Waals surface area contributed by atoms with Gasteiger partial charge in [0.25, 0.3) is 23.6 Å². The minimum Gasteiger partial charge on any atom is -0.385 e. The molecule has 0 saturated heterocycles. The number of imide groups is 2. The summed E-state index contributed by atoms with van der Waals surface area (Å²) in [6, 6.07) is 18.7. The van der Waals surface area contributed by atoms with Gasteiger partial charge in [-0.15, -0.1) is 0 Å². The lowest BCUT2D eigenvalue weighted by molar-refractivity contribution is 0.0585. The van der Waals surface area contributed by atoms with Gasteiger partial charge in [-0.2, -0.15) is 0 Å². The predicted molar refractivity (Wildman–Crippen MR) is 211 cm³/mol. The van der Waals surface area contributed by atoms with Crippen LogP contribution in [-0.2, 0) is 0 Å². The Morgan fingerprint density at radius 3 is 1.78 bits per heavy atom. The van der Waals surface area contributed by atoms with Crippen molar-refractivity contribution in [3.63, 3.8) is 0 Å². The molecule has 7 rings (SSSR count). The smallest absolute Gasteiger partial charge is 0.261 e. The number of nitrogens with two attached hydrogens (primary N) is 1. The second-order valence-corrected chi connectivity index (χ2v) is 14.3. The predicted octanol–water partition coefficient (Wildman–Crippen LogP) is 5.26. The Morgan fingerprint density at radius 2 is 1.19 bits per heavy atom. The van der Waals surface area contributed by atoms with Crippen LogP contribution in [0.3, 0.4) is 0 Å². The van der Waals surface area contributed by atoms with E-state index in [0.29, 0.717) is 47.3 Å². The second kappa shape index (κ2) is 16.3. The van der Waals surface area contributed by atoms with Crippen molar-refractivity contribution in [1.82, 2.24) is 29.2 Å². The van der Waals surface area contributed by atoms with Crippen molar-refractivity contribution in [2.24, 2.45) is 5.73 Å². The molecule has 0 atom stereocenters. The molecular weight excluding hydrogens is 681 g/mol. The van der Waals surface area contributed by atoms with Crippen LogP contribution in [-0.4, -0.2) is 119 Å². The molecule has 12 nitrogen and oxygen atoms in total. The third-order valence-electron chi connectivity index (χ3n) is 10.7. The Labute approximate surface area is 315 Å². The lowest BCUT2D eigenvalue weighted by Crippen LogP contribution is -2.45. The first-order valence-electron chi connectivity index (χ1n) is 18.9. The number of anilines is 1. The van der Waals surface area contributed by atoms with Gasteiger partial charge in [0, 0.05) is 94.6 Å². The number of likely N-dealkylation sites (N-methyl/N-ethyl adjacent to an activating group) is 2. The molecule has 0 fully saturated rings. The molecule has 0 bridgehead atoms. The van der Waals surface area contributed by atoms with E-state index in [0.717, 1.165) is 85.8 Å². The summed E-state index contributed by atoms with van der Waals surface area (Å²) in [5, 5.41) is 6.64. The van der Waals surface area contributed by atoms with Gasteiger partial charge < -0.3 is 25.4 Å². The molecule has 280 valence electrons. The van der Waals surface area contributed by atoms with E-state index < -0.39 is 0 Å². The third-order valence-corrected chi connectivity index (χ3v) is 10.7. The van der Waals surface area contributed by atoms with Crippen LogP contribution in [0.15, 0.2) is 79.4 Å². The maximum Gasteiger partial charge on any atom is 0.261 e. The van der Waals surface area contributed by atoms with Crippen LogP contribution in [0.5, 0.6) is 0 Å². The highest BCUT2D eigenvalue weighted by Gasteiger charge is 2.34. The Morgan fingerprint density at radius 1 is 0.630 bits per heavy atom. The summed E-state index contributed by atoms with van der Waals surface area (Å²) in [5.74, 6) is -1.08. The third kappa shape index (κ3) is 7.24. The lowest BCUT2D eigenvalue weighted by atomic mass is 9.93. The molecule has 0 aliphatic carbocycles. The van der Waals surface area contributed by atoms with E-state index >= 15 is 0 Å². The quantitative estimate of drug-likeness (QED) is 0.0916. The maximum absolute atomic E-state index is 13.6. The van der Waals surface area contributed by atoms with E-state index in [1.807, 2.05) is 73.4 Å². The lowest BCUT2D eigenvalue weighted by Gasteiger charge is -2.30. The first-order chi connectivity index (χ1) is 26.3. The van der Waals surface area contributed by atoms with Crippen molar-refractivity contribution >= 4 is 50.9 Å². The van der Waals surface area contributed by atoms with Crippen LogP contribution in [0.25, 0.3) is 27.2 Å². The van der Waals surface area contributed by atoms with Gasteiger partial charge >= 0.3 is 0 Å². The van der Waals surface area contributed by atoms with Crippen molar-refractivity contribution in [2.75, 3.05) is 71.8 Å². The standard InChI is InChI=1S/C42H48N8O4/c1-46(24-26-49-39(51)31-12-7-10-29-35(45-19-6-4-3-5-18-43)16-14-33(37(29)31)41(49)53)21-9-22-47(2)25-27-50-40(52)32-13-8-11-30-36(48-23-20-44-28-48)17-15-34(38(30)32)42(50)54/h7-8,10-17,20,23,28,45H,3-6,9,18-19,21-22,24-27,43H2,1-2H3. The molecule has 4 aromatic carbocycles. The average molecular weight is 729 g/mol. The van der Waals surface area contributed by atoms with Gasteiger partial charge in [0.15, 0.2) is 0 Å². The number of nitrogens with one attached hydrogen (secondary N) is 1. The number of nitrogens with zero attached hydrogens (tertiary/aromatic N) is 6. The summed E-state index contributed by atoms with van der Waals surface area (Å²) < 4.78 is 1.88. The summed E-state index contributed by atoms with van der Waals surface area (Å²) in [5.41, 5.74) is 9.58. The summed E-state index contributed by atoms with van der Waals surface area (Å²) >= 11 is 0. The summed E-state index contributed by atoms with van der Waals surface area (Å²) in [4.78, 5) is 65.5. The van der Waals surface area contributed by atoms with Gasteiger partial charge in [0.2, 0.25) is 0 Å². The van der Waals surface area contributed by atoms with Crippen LogP contribution in [0.4, 0.5) is 5.69 Å². The second-order valence-electron chi connectivity index (χ2n) is 14.3. The van der Waals surface area contributed by atoms with Gasteiger partial charge in [0.1, 0.15) is 0 Å². The molecule has 4 amide bonds. The van der Waals surface area contributed by atoms with Crippen LogP contribution in [0.1, 0.15) is 73.5 Å². The van der Waals surface area contributed by atoms with Gasteiger partial charge in [-0.05, 0) is 89.4 Å². The van der Waals surface area contributed by atoms with Crippen LogP contribution >= 0.6 is 0 Å². The number of benzene rings is 4. The van der Waals surface area contributed by atoms with Crippen molar-refractivity contribution in [3.05, 3.63) is 102 Å². The molecular formula is C42H48N8O4. The Balaban J connectivity index is 0.892. The molecule has 1 aromatic heterocycles. The van der Waals surface area contributed by atoms with Crippen LogP contribution in [0, 0.1) is 0 Å². The number of rotatable bonds is 18. The molecule has 2 aliphatic heterocycles. The molecule has 2 aliphatic rings. The van der Waals surface area contributed by atoms with E-state index in [1.54, 1.807) is 24.7 Å². The minimum absolute atomic E-state index is 0.260. The summed E-state index contributed by atoms with van der Waals surface area (Å²) in [6.07, 6.45) is 10.4. The van der Waals surface area contributed by atoms with Gasteiger partial charge in [-0.3, -0.25) is 29.0 Å². The Kier molecular flexibility index (Phi) is 11.1.